The van der Waals surface area contributed by atoms with E-state index in [-0.39, 0.29) is 11.8 Å². The smallest absolute Gasteiger partial charge is 0.225 e. The summed E-state index contributed by atoms with van der Waals surface area (Å²) in [5.41, 5.74) is 0. The van der Waals surface area contributed by atoms with Gasteiger partial charge in [0.05, 0.1) is 6.61 Å². The lowest BCUT2D eigenvalue weighted by atomic mass is 9.87. The normalized spacial score (nSPS) is 23.3. The zero-order valence-electron chi connectivity index (χ0n) is 74.0. The molecule has 10 aliphatic rings. The van der Waals surface area contributed by atoms with Crippen molar-refractivity contribution >= 4 is 11.7 Å². The van der Waals surface area contributed by atoms with Crippen molar-refractivity contribution < 1.29 is 19.9 Å². The van der Waals surface area contributed by atoms with Crippen molar-refractivity contribution in [3.63, 3.8) is 0 Å². The van der Waals surface area contributed by atoms with E-state index in [0.717, 1.165) is 159 Å². The van der Waals surface area contributed by atoms with E-state index in [2.05, 4.69) is 206 Å². The number of amides is 1. The molecule has 0 aromatic carbocycles. The molecular weight excluding hydrogens is 1310 g/mol. The number of likely N-dealkylation sites (N-methyl/N-ethyl adjacent to an activating group) is 4. The van der Waals surface area contributed by atoms with Crippen LogP contribution in [0.2, 0.25) is 0 Å². The molecule has 10 aliphatic heterocycles. The van der Waals surface area contributed by atoms with Crippen LogP contribution in [0.3, 0.4) is 0 Å². The largest absolute Gasteiger partial charge is 0.395 e. The van der Waals surface area contributed by atoms with Crippen LogP contribution in [0.15, 0.2) is 0 Å². The lowest BCUT2D eigenvalue weighted by Crippen LogP contribution is -2.53. The number of carbonyl (C=O) groups is 2. The second-order valence-electron chi connectivity index (χ2n) is 35.7. The van der Waals surface area contributed by atoms with E-state index in [0.29, 0.717) is 30.4 Å². The average Bonchev–Trinajstić information content (AvgIpc) is 1.84. The first-order valence-electron chi connectivity index (χ1n) is 43.2. The first-order valence-corrected chi connectivity index (χ1v) is 43.2. The molecule has 105 heavy (non-hydrogen) atoms. The molecule has 624 valence electrons. The van der Waals surface area contributed by atoms with Crippen molar-refractivity contribution in [2.45, 2.75) is 250 Å². The van der Waals surface area contributed by atoms with Crippen molar-refractivity contribution in [1.82, 2.24) is 83.9 Å². The lowest BCUT2D eigenvalue weighted by molar-refractivity contribution is -0.136. The number of carbonyl (C=O) groups excluding carboxylic acids is 2. The van der Waals surface area contributed by atoms with Crippen LogP contribution >= 0.6 is 0 Å². The number of nitrogens with zero attached hydrogens (tertiary/aromatic N) is 16. The van der Waals surface area contributed by atoms with Crippen molar-refractivity contribution in [1.29, 1.82) is 0 Å². The fraction of sp³-hybridized carbons (Fsp3) is 0.976. The van der Waals surface area contributed by atoms with Crippen molar-refractivity contribution in [2.24, 2.45) is 23.7 Å². The molecule has 0 aromatic rings. The Morgan fingerprint density at radius 3 is 1.11 bits per heavy atom. The van der Waals surface area contributed by atoms with E-state index in [1.54, 1.807) is 0 Å². The molecule has 10 fully saturated rings. The summed E-state index contributed by atoms with van der Waals surface area (Å²) in [6, 6.07) is 6.78. The Kier molecular flexibility index (Phi) is 53.6. The van der Waals surface area contributed by atoms with Gasteiger partial charge in [0.1, 0.15) is 5.78 Å². The molecule has 3 N–H and O–H groups in total. The average molecular weight is 1490 g/mol. The molecule has 21 nitrogen and oxygen atoms in total. The number of piperazine rings is 5. The van der Waals surface area contributed by atoms with Crippen LogP contribution in [-0.4, -0.2) is 420 Å². The molecule has 10 rings (SSSR count). The van der Waals surface area contributed by atoms with Crippen molar-refractivity contribution in [3.05, 3.63) is 0 Å². The van der Waals surface area contributed by atoms with Gasteiger partial charge in [-0.05, 0) is 267 Å². The summed E-state index contributed by atoms with van der Waals surface area (Å²) in [4.78, 5) is 59.0. The standard InChI is InChI=1S/C13H27N3.C12H24N2.C9H18N2O.C9H20N2O.C9H20N2.C9H19NO.C8H18N2.C8H17N.C7H16N2O/c1-12(2)15-6-4-13(5-7-15)16-10-8-14(3)9-11-16;1-11(2)13-9-5-12(6-10-13)14-7-3-4-8-14;1-8(2)9(12)11-6-4-10(3)5-7-11;1-9(2)11-5-3-10(4-6-11)7-8-12;1-8(2)11-6-5-9(7-11)10(3)4;1-8(2)9(11)6-5-7-10(3)4;1-8(2)10-6-4-9(3)5-7-10;1-7(2)8-3-5-9-6-4-8;1-7(2)8-3-5-9(10)6-4-8/h12-13H,4-11H2,1-3H3;11-12H,3-10H2,1-2H3;8H,4-7H2,1-3H3;9,12H,3-8H2,1-2H3;8-9H,5-7H2,1-4H3;8H,5-7H2,1-4H3;8H,4-7H2,1-3H3;7-9H,3-6H2,1-2H3;7,10H,3-6H2,1-2H3. The number of ketones is 1. The third kappa shape index (κ3) is 43.9. The number of hydrogen-bond acceptors (Lipinski definition) is 20. The van der Waals surface area contributed by atoms with Crippen LogP contribution < -0.4 is 5.32 Å². The van der Waals surface area contributed by atoms with E-state index < -0.39 is 0 Å². The number of hydroxylamine groups is 2. The van der Waals surface area contributed by atoms with E-state index >= 15 is 0 Å². The summed E-state index contributed by atoms with van der Waals surface area (Å²) in [6.45, 7) is 76.8. The molecule has 10 saturated heterocycles. The van der Waals surface area contributed by atoms with Crippen LogP contribution in [0.25, 0.3) is 0 Å². The molecule has 21 heteroatoms. The second-order valence-corrected chi connectivity index (χ2v) is 35.7. The van der Waals surface area contributed by atoms with E-state index in [1.165, 1.54) is 181 Å². The van der Waals surface area contributed by atoms with Gasteiger partial charge in [0.15, 0.2) is 0 Å². The minimum atomic E-state index is 0.147. The van der Waals surface area contributed by atoms with Crippen molar-refractivity contribution in [2.75, 3.05) is 265 Å². The highest BCUT2D eigenvalue weighted by molar-refractivity contribution is 5.80. The highest BCUT2D eigenvalue weighted by atomic mass is 16.5. The summed E-state index contributed by atoms with van der Waals surface area (Å²) in [5.74, 6) is 2.92. The molecule has 1 unspecified atom stereocenters. The van der Waals surface area contributed by atoms with Gasteiger partial charge in [-0.2, -0.15) is 5.06 Å². The maximum absolute atomic E-state index is 11.5. The SMILES string of the molecule is CC(C)C(=O)CCCN(C)C.CC(C)C(=O)N1CCN(C)CC1.CC(C)C1CCNCC1.CC(C)N1CCC(N(C)C)C1.CC(C)N1CCC(N2CCCC2)CC1.CC(C)N1CCC(N2CCN(C)CC2)CC1.CC(C)N1CCN(C)CC1.CC(C)N1CCN(CCO)CC1.CC(C)N1CCN(O)CC1. The maximum atomic E-state index is 11.5. The van der Waals surface area contributed by atoms with Gasteiger partial charge in [-0.25, -0.2) is 0 Å². The van der Waals surface area contributed by atoms with E-state index in [4.69, 9.17) is 10.3 Å². The van der Waals surface area contributed by atoms with Crippen LogP contribution in [0.4, 0.5) is 0 Å². The summed E-state index contributed by atoms with van der Waals surface area (Å²) in [6.07, 6.45) is 14.3. The quantitative estimate of drug-likeness (QED) is 0.120. The van der Waals surface area contributed by atoms with Gasteiger partial charge in [-0.3, -0.25) is 39.0 Å². The molecule has 10 heterocycles. The van der Waals surface area contributed by atoms with Gasteiger partial charge < -0.3 is 59.7 Å². The maximum Gasteiger partial charge on any atom is 0.225 e. The summed E-state index contributed by atoms with van der Waals surface area (Å²) in [7, 11) is 14.9. The molecule has 0 spiro atoms. The predicted octanol–water partition coefficient (Wildman–Crippen LogP) is 8.75. The number of Topliss-reactive ketones (excluding diaryl/α,β-unsaturated/α-hetero) is 1. The topological polar surface area (TPSA) is 138 Å². The second kappa shape index (κ2) is 56.6. The molecule has 0 aliphatic carbocycles. The highest BCUT2D eigenvalue weighted by Crippen LogP contribution is 2.24. The van der Waals surface area contributed by atoms with Crippen LogP contribution in [-0.2, 0) is 9.59 Å². The van der Waals surface area contributed by atoms with Crippen LogP contribution in [0.1, 0.15) is 195 Å². The molecule has 0 saturated carbocycles. The molecule has 1 amide bonds. The number of nitrogens with one attached hydrogen (secondary N) is 1. The fourth-order valence-electron chi connectivity index (χ4n) is 15.5. The molecule has 0 bridgehead atoms. The van der Waals surface area contributed by atoms with Gasteiger partial charge >= 0.3 is 0 Å². The van der Waals surface area contributed by atoms with Crippen LogP contribution in [0, 0.1) is 23.7 Å². The Bertz CT molecular complexity index is 2020. The van der Waals surface area contributed by atoms with Gasteiger partial charge in [0.2, 0.25) is 5.91 Å². The number of aliphatic hydroxyl groups excluding tert-OH is 1. The third-order valence-electron chi connectivity index (χ3n) is 24.0. The molecule has 0 aromatic heterocycles. The predicted molar refractivity (Wildman–Crippen MR) is 450 cm³/mol. The minimum absolute atomic E-state index is 0.147. The Balaban J connectivity index is 0.000000403. The number of rotatable bonds is 18. The number of aliphatic hydroxyl groups is 1. The molecule has 0 radical (unpaired) electrons. The summed E-state index contributed by atoms with van der Waals surface area (Å²) >= 11 is 0. The van der Waals surface area contributed by atoms with E-state index in [9.17, 15) is 9.59 Å². The zero-order valence-corrected chi connectivity index (χ0v) is 74.0. The van der Waals surface area contributed by atoms with Crippen molar-refractivity contribution in [3.8, 4) is 0 Å². The Labute approximate surface area is 651 Å². The fourth-order valence-corrected chi connectivity index (χ4v) is 15.5. The highest BCUT2D eigenvalue weighted by Gasteiger charge is 2.30. The first-order chi connectivity index (χ1) is 49.6. The first kappa shape index (κ1) is 99.5. The molecule has 1 atom stereocenters. The zero-order chi connectivity index (χ0) is 78.7. The number of hydrogen-bond donors (Lipinski definition) is 3. The molecular formula is C84H179N17O4. The summed E-state index contributed by atoms with van der Waals surface area (Å²) < 4.78 is 0. The number of β-amino-alcohol motifs (C(OH)–C–C–N with tert-alkyl or cyclic N) is 1. The third-order valence-corrected chi connectivity index (χ3v) is 24.0. The Morgan fingerprint density at radius 2 is 0.781 bits per heavy atom. The monoisotopic (exact) mass is 1490 g/mol. The Morgan fingerprint density at radius 1 is 0.419 bits per heavy atom. The van der Waals surface area contributed by atoms with E-state index in [1.807, 2.05) is 46.7 Å². The van der Waals surface area contributed by atoms with Gasteiger partial charge in [-0.1, -0.05) is 41.5 Å². The Hall–Kier alpha value is -1.58. The number of piperidine rings is 3. The minimum Gasteiger partial charge on any atom is -0.395 e. The number of likely N-dealkylation sites (tertiary alicyclic amines) is 4. The lowest BCUT2D eigenvalue weighted by Gasteiger charge is -2.43. The van der Waals surface area contributed by atoms with Gasteiger partial charge in [-0.15, -0.1) is 0 Å². The van der Waals surface area contributed by atoms with Gasteiger partial charge in [0, 0.05) is 223 Å². The summed E-state index contributed by atoms with van der Waals surface area (Å²) in [5, 5.41) is 22.5. The van der Waals surface area contributed by atoms with Gasteiger partial charge in [0.25, 0.3) is 0 Å². The van der Waals surface area contributed by atoms with Crippen LogP contribution in [0.5, 0.6) is 0 Å².